The fourth-order valence-corrected chi connectivity index (χ4v) is 2.29. The molecule has 24 heavy (non-hydrogen) atoms. The third kappa shape index (κ3) is 5.40. The molecule has 0 aromatic heterocycles. The fraction of sp³-hybridized carbons (Fsp3) is 0.222. The van der Waals surface area contributed by atoms with Crippen molar-refractivity contribution in [2.75, 3.05) is 0 Å². The molecule has 126 valence electrons. The Balaban J connectivity index is 1.92. The molecule has 0 fully saturated rings. The van der Waals surface area contributed by atoms with Gasteiger partial charge in [-0.1, -0.05) is 42.5 Å². The van der Waals surface area contributed by atoms with Crippen molar-refractivity contribution in [2.24, 2.45) is 11.7 Å². The summed E-state index contributed by atoms with van der Waals surface area (Å²) in [4.78, 5) is 22.6. The number of nitrogens with one attached hydrogen (secondary N) is 1. The second-order valence-electron chi connectivity index (χ2n) is 5.46. The van der Waals surface area contributed by atoms with Crippen LogP contribution in [0.15, 0.2) is 54.6 Å². The first-order valence-electron chi connectivity index (χ1n) is 7.56. The third-order valence-corrected chi connectivity index (χ3v) is 3.61. The van der Waals surface area contributed by atoms with Crippen LogP contribution in [0, 0.1) is 5.92 Å². The molecule has 0 saturated heterocycles. The van der Waals surface area contributed by atoms with E-state index in [4.69, 9.17) is 15.7 Å². The number of hydrogen-bond donors (Lipinski definition) is 3. The summed E-state index contributed by atoms with van der Waals surface area (Å²) in [5.74, 6) is -1.18. The normalized spacial score (nSPS) is 11.5. The van der Waals surface area contributed by atoms with E-state index in [9.17, 15) is 9.59 Å². The van der Waals surface area contributed by atoms with Gasteiger partial charge in [0.25, 0.3) is 0 Å². The van der Waals surface area contributed by atoms with Crippen LogP contribution in [-0.4, -0.2) is 17.0 Å². The Bertz CT molecular complexity index is 671. The largest absolute Gasteiger partial charge is 0.489 e. The summed E-state index contributed by atoms with van der Waals surface area (Å²) in [6, 6.07) is 17.1. The van der Waals surface area contributed by atoms with Gasteiger partial charge in [-0.2, -0.15) is 0 Å². The molecule has 2 rings (SSSR count). The highest BCUT2D eigenvalue weighted by Gasteiger charge is 2.19. The van der Waals surface area contributed by atoms with Crippen LogP contribution in [0.1, 0.15) is 17.5 Å². The highest BCUT2D eigenvalue weighted by molar-refractivity contribution is 5.84. The molecule has 0 aliphatic carbocycles. The molecule has 0 bridgehead atoms. The van der Waals surface area contributed by atoms with Crippen LogP contribution < -0.4 is 16.0 Å². The number of primary amides is 1. The first-order valence-corrected chi connectivity index (χ1v) is 7.56. The van der Waals surface area contributed by atoms with Crippen LogP contribution in [0.5, 0.6) is 5.75 Å². The monoisotopic (exact) mass is 328 g/mol. The lowest BCUT2D eigenvalue weighted by Gasteiger charge is -2.13. The number of hydroxylamine groups is 1. The molecule has 4 N–H and O–H groups in total. The van der Waals surface area contributed by atoms with E-state index in [-0.39, 0.29) is 6.42 Å². The summed E-state index contributed by atoms with van der Waals surface area (Å²) >= 11 is 0. The van der Waals surface area contributed by atoms with Crippen LogP contribution in [0.4, 0.5) is 0 Å². The van der Waals surface area contributed by atoms with Gasteiger partial charge in [-0.05, 0) is 29.7 Å². The molecule has 0 radical (unpaired) electrons. The lowest BCUT2D eigenvalue weighted by atomic mass is 9.95. The molecule has 2 aromatic rings. The number of carbonyl (C=O) groups is 2. The van der Waals surface area contributed by atoms with Gasteiger partial charge >= 0.3 is 0 Å². The Labute approximate surface area is 140 Å². The van der Waals surface area contributed by atoms with Crippen LogP contribution in [-0.2, 0) is 22.6 Å². The Morgan fingerprint density at radius 3 is 2.29 bits per heavy atom. The van der Waals surface area contributed by atoms with E-state index in [2.05, 4.69) is 0 Å². The maximum atomic E-state index is 11.4. The number of ether oxygens (including phenoxy) is 1. The standard InChI is InChI=1S/C18H20N2O4/c19-18(22)15(11-17(21)20-23)10-13-6-8-16(9-7-13)24-12-14-4-2-1-3-5-14/h1-9,15,23H,10-12H2,(H2,19,22)(H,20,21). The number of carbonyl (C=O) groups excluding carboxylic acids is 2. The number of rotatable bonds is 8. The highest BCUT2D eigenvalue weighted by atomic mass is 16.5. The van der Waals surface area contributed by atoms with Gasteiger partial charge in [-0.25, -0.2) is 5.48 Å². The van der Waals surface area contributed by atoms with Crippen LogP contribution >= 0.6 is 0 Å². The first kappa shape index (κ1) is 17.5. The minimum absolute atomic E-state index is 0.155. The highest BCUT2D eigenvalue weighted by Crippen LogP contribution is 2.18. The molecule has 2 aromatic carbocycles. The number of nitrogens with two attached hydrogens (primary N) is 1. The quantitative estimate of drug-likeness (QED) is 0.508. The van der Waals surface area contributed by atoms with Crippen molar-refractivity contribution in [3.63, 3.8) is 0 Å². The van der Waals surface area contributed by atoms with Crippen molar-refractivity contribution < 1.29 is 19.5 Å². The second-order valence-corrected chi connectivity index (χ2v) is 5.46. The smallest absolute Gasteiger partial charge is 0.244 e. The number of benzene rings is 2. The fourth-order valence-electron chi connectivity index (χ4n) is 2.29. The third-order valence-electron chi connectivity index (χ3n) is 3.61. The summed E-state index contributed by atoms with van der Waals surface area (Å²) in [5.41, 5.74) is 8.75. The average Bonchev–Trinajstić information content (AvgIpc) is 2.61. The maximum Gasteiger partial charge on any atom is 0.244 e. The Morgan fingerprint density at radius 1 is 1.04 bits per heavy atom. The summed E-state index contributed by atoms with van der Waals surface area (Å²) < 4.78 is 5.69. The van der Waals surface area contributed by atoms with Crippen LogP contribution in [0.3, 0.4) is 0 Å². The predicted molar refractivity (Wildman–Crippen MR) is 88.2 cm³/mol. The molecule has 0 saturated carbocycles. The van der Waals surface area contributed by atoms with E-state index in [0.717, 1.165) is 11.1 Å². The van der Waals surface area contributed by atoms with E-state index in [1.165, 1.54) is 5.48 Å². The van der Waals surface area contributed by atoms with E-state index in [1.54, 1.807) is 0 Å². The van der Waals surface area contributed by atoms with Gasteiger partial charge in [0.2, 0.25) is 11.8 Å². The molecule has 0 aliphatic rings. The van der Waals surface area contributed by atoms with Crippen molar-refractivity contribution in [1.82, 2.24) is 5.48 Å². The van der Waals surface area contributed by atoms with Crippen molar-refractivity contribution in [3.8, 4) is 5.75 Å². The molecular formula is C18H20N2O4. The molecule has 1 unspecified atom stereocenters. The van der Waals surface area contributed by atoms with Gasteiger partial charge < -0.3 is 10.5 Å². The van der Waals surface area contributed by atoms with Gasteiger partial charge in [0.05, 0.1) is 5.92 Å². The number of hydrogen-bond acceptors (Lipinski definition) is 4. The Hall–Kier alpha value is -2.86. The zero-order valence-corrected chi connectivity index (χ0v) is 13.1. The van der Waals surface area contributed by atoms with Gasteiger partial charge in [0.15, 0.2) is 0 Å². The minimum atomic E-state index is -0.673. The zero-order chi connectivity index (χ0) is 17.4. The Morgan fingerprint density at radius 2 is 1.71 bits per heavy atom. The van der Waals surface area contributed by atoms with Crippen LogP contribution in [0.2, 0.25) is 0 Å². The number of amides is 2. The summed E-state index contributed by atoms with van der Waals surface area (Å²) in [5, 5.41) is 8.55. The van der Waals surface area contributed by atoms with E-state index in [0.29, 0.717) is 18.8 Å². The molecule has 6 nitrogen and oxygen atoms in total. The molecular weight excluding hydrogens is 308 g/mol. The summed E-state index contributed by atoms with van der Waals surface area (Å²) in [7, 11) is 0. The van der Waals surface area contributed by atoms with Gasteiger partial charge in [-0.15, -0.1) is 0 Å². The molecule has 0 spiro atoms. The Kier molecular flexibility index (Phi) is 6.33. The van der Waals surface area contributed by atoms with E-state index in [1.807, 2.05) is 54.6 Å². The second kappa shape index (κ2) is 8.69. The topological polar surface area (TPSA) is 102 Å². The summed E-state index contributed by atoms with van der Waals surface area (Å²) in [6.07, 6.45) is 0.166. The maximum absolute atomic E-state index is 11.4. The molecule has 0 heterocycles. The SMILES string of the molecule is NC(=O)C(CC(=O)NO)Cc1ccc(OCc2ccccc2)cc1. The molecule has 0 aliphatic heterocycles. The van der Waals surface area contributed by atoms with Gasteiger partial charge in [-0.3, -0.25) is 14.8 Å². The average molecular weight is 328 g/mol. The van der Waals surface area contributed by atoms with E-state index < -0.39 is 17.7 Å². The minimum Gasteiger partial charge on any atom is -0.489 e. The summed E-state index contributed by atoms with van der Waals surface area (Å²) in [6.45, 7) is 0.473. The van der Waals surface area contributed by atoms with Crippen LogP contribution in [0.25, 0.3) is 0 Å². The predicted octanol–water partition coefficient (Wildman–Crippen LogP) is 1.81. The van der Waals surface area contributed by atoms with E-state index >= 15 is 0 Å². The molecule has 1 atom stereocenters. The molecule has 6 heteroatoms. The lowest BCUT2D eigenvalue weighted by Crippen LogP contribution is -2.31. The van der Waals surface area contributed by atoms with Crippen molar-refractivity contribution in [3.05, 3.63) is 65.7 Å². The van der Waals surface area contributed by atoms with Gasteiger partial charge in [0, 0.05) is 6.42 Å². The van der Waals surface area contributed by atoms with Crippen molar-refractivity contribution in [1.29, 1.82) is 0 Å². The first-order chi connectivity index (χ1) is 11.6. The zero-order valence-electron chi connectivity index (χ0n) is 13.1. The van der Waals surface area contributed by atoms with Gasteiger partial charge in [0.1, 0.15) is 12.4 Å². The van der Waals surface area contributed by atoms with Crippen molar-refractivity contribution >= 4 is 11.8 Å². The molecule has 2 amide bonds. The van der Waals surface area contributed by atoms with Crippen molar-refractivity contribution in [2.45, 2.75) is 19.4 Å². The lowest BCUT2D eigenvalue weighted by molar-refractivity contribution is -0.133.